The molecule has 0 saturated carbocycles. The van der Waals surface area contributed by atoms with E-state index in [4.69, 9.17) is 20.1 Å². The van der Waals surface area contributed by atoms with Crippen molar-refractivity contribution < 1.29 is 79.2 Å². The van der Waals surface area contributed by atoms with Crippen LogP contribution in [0.4, 0.5) is 4.79 Å². The average Bonchev–Trinajstić information content (AvgIpc) is 1.87. The number of aromatic hydroxyl groups is 1. The first-order valence-corrected chi connectivity index (χ1v) is 2.75. The third kappa shape index (κ3) is 18.9. The zero-order valence-electron chi connectivity index (χ0n) is 7.56. The molecule has 0 aliphatic rings. The van der Waals surface area contributed by atoms with Crippen LogP contribution < -0.4 is 69.3 Å². The van der Waals surface area contributed by atoms with Gasteiger partial charge >= 0.3 is 59.1 Å². The zero-order valence-corrected chi connectivity index (χ0v) is 11.6. The molecule has 1 rings (SSSR count). The molecule has 4 nitrogen and oxygen atoms in total. The number of phenolic OH excluding ortho intramolecular Hbond substituents is 1. The van der Waals surface area contributed by atoms with Crippen LogP contribution in [0.15, 0.2) is 30.3 Å². The molecular formula is C7H6Na2O4. The van der Waals surface area contributed by atoms with Gasteiger partial charge in [-0.25, -0.2) is 0 Å². The van der Waals surface area contributed by atoms with Crippen LogP contribution in [0.5, 0.6) is 5.75 Å². The fourth-order valence-corrected chi connectivity index (χ4v) is 0.428. The number of hydrogen-bond donors (Lipinski definition) is 1. The average molecular weight is 200 g/mol. The van der Waals surface area contributed by atoms with Crippen molar-refractivity contribution >= 4 is 6.16 Å². The second kappa shape index (κ2) is 12.3. The molecule has 0 heterocycles. The van der Waals surface area contributed by atoms with E-state index >= 15 is 0 Å². The van der Waals surface area contributed by atoms with Crippen molar-refractivity contribution in [2.75, 3.05) is 0 Å². The monoisotopic (exact) mass is 200 g/mol. The van der Waals surface area contributed by atoms with Crippen molar-refractivity contribution in [1.29, 1.82) is 0 Å². The molecule has 0 saturated heterocycles. The van der Waals surface area contributed by atoms with E-state index in [1.165, 1.54) is 0 Å². The molecule has 0 aliphatic heterocycles. The van der Waals surface area contributed by atoms with Crippen molar-refractivity contribution in [3.8, 4) is 5.75 Å². The molecule has 0 aliphatic carbocycles. The molecule has 6 heteroatoms. The minimum absolute atomic E-state index is 0. The summed E-state index contributed by atoms with van der Waals surface area (Å²) < 4.78 is 0. The van der Waals surface area contributed by atoms with Gasteiger partial charge in [0, 0.05) is 0 Å². The summed E-state index contributed by atoms with van der Waals surface area (Å²) in [5.74, 6) is 0.322. The summed E-state index contributed by atoms with van der Waals surface area (Å²) in [5, 5.41) is 25.3. The Hall–Kier alpha value is 0.290. The molecule has 60 valence electrons. The predicted molar refractivity (Wildman–Crippen MR) is 33.5 cm³/mol. The van der Waals surface area contributed by atoms with Crippen molar-refractivity contribution in [3.05, 3.63) is 30.3 Å². The van der Waals surface area contributed by atoms with Crippen LogP contribution in [0.3, 0.4) is 0 Å². The first-order chi connectivity index (χ1) is 5.13. The number of rotatable bonds is 0. The number of carbonyl (C=O) groups is 1. The Labute approximate surface area is 120 Å². The maximum Gasteiger partial charge on any atom is 1.00 e. The van der Waals surface area contributed by atoms with Gasteiger partial charge < -0.3 is 20.1 Å². The maximum absolute atomic E-state index is 8.63. The largest absolute Gasteiger partial charge is 1.00 e. The summed E-state index contributed by atoms with van der Waals surface area (Å²) in [6.45, 7) is 0. The number of para-hydroxylation sites is 1. The van der Waals surface area contributed by atoms with E-state index in [1.54, 1.807) is 24.3 Å². The standard InChI is InChI=1S/C6H6O.CH2O3.2Na/c7-6-4-2-1-3-5-6;2-1(3)4;;/h1-5,7H;(H2,2,3,4);;/q;;2*+1/p-2. The van der Waals surface area contributed by atoms with Gasteiger partial charge in [0.25, 0.3) is 0 Å². The third-order valence-electron chi connectivity index (χ3n) is 0.756. The molecule has 0 bridgehead atoms. The predicted octanol–water partition coefficient (Wildman–Crippen LogP) is -7.05. The summed E-state index contributed by atoms with van der Waals surface area (Å²) >= 11 is 0. The number of carboxylic acid groups (broad SMARTS) is 2. The van der Waals surface area contributed by atoms with E-state index in [-0.39, 0.29) is 59.1 Å². The quantitative estimate of drug-likeness (QED) is 0.422. The summed E-state index contributed by atoms with van der Waals surface area (Å²) in [6.07, 6.45) is -2.33. The second-order valence-electron chi connectivity index (χ2n) is 1.59. The Morgan fingerprint density at radius 3 is 1.54 bits per heavy atom. The fourth-order valence-electron chi connectivity index (χ4n) is 0.428. The Bertz CT molecular complexity index is 211. The molecule has 13 heavy (non-hydrogen) atoms. The van der Waals surface area contributed by atoms with E-state index in [9.17, 15) is 0 Å². The number of benzene rings is 1. The van der Waals surface area contributed by atoms with Crippen molar-refractivity contribution in [2.45, 2.75) is 0 Å². The van der Waals surface area contributed by atoms with Crippen LogP contribution in [0.25, 0.3) is 0 Å². The first-order valence-electron chi connectivity index (χ1n) is 2.75. The Balaban J connectivity index is -0.000000150. The molecular weight excluding hydrogens is 194 g/mol. The first kappa shape index (κ1) is 19.0. The molecule has 1 N–H and O–H groups in total. The van der Waals surface area contributed by atoms with Crippen LogP contribution in [0, 0.1) is 0 Å². The van der Waals surface area contributed by atoms with Gasteiger partial charge in [0.2, 0.25) is 0 Å². The van der Waals surface area contributed by atoms with Gasteiger partial charge in [-0.1, -0.05) is 18.2 Å². The molecule has 1 aromatic rings. The molecule has 0 fully saturated rings. The fraction of sp³-hybridized carbons (Fsp3) is 0. The van der Waals surface area contributed by atoms with Gasteiger partial charge in [0.05, 0.1) is 0 Å². The van der Waals surface area contributed by atoms with E-state index in [0.29, 0.717) is 5.75 Å². The summed E-state index contributed by atoms with van der Waals surface area (Å²) in [5.41, 5.74) is 0. The summed E-state index contributed by atoms with van der Waals surface area (Å²) in [4.78, 5) is 8.33. The number of phenols is 1. The normalized spacial score (nSPS) is 6.46. The molecule has 1 aromatic carbocycles. The van der Waals surface area contributed by atoms with Gasteiger partial charge in [0.1, 0.15) is 5.75 Å². The molecule has 0 radical (unpaired) electrons. The van der Waals surface area contributed by atoms with E-state index in [1.807, 2.05) is 6.07 Å². The molecule has 0 aromatic heterocycles. The topological polar surface area (TPSA) is 83.4 Å². The molecule has 0 unspecified atom stereocenters. The minimum Gasteiger partial charge on any atom is -0.652 e. The van der Waals surface area contributed by atoms with Crippen LogP contribution in [0.1, 0.15) is 0 Å². The van der Waals surface area contributed by atoms with Crippen LogP contribution in [0.2, 0.25) is 0 Å². The van der Waals surface area contributed by atoms with Gasteiger partial charge in [-0.15, -0.1) is 0 Å². The van der Waals surface area contributed by atoms with Crippen molar-refractivity contribution in [2.24, 2.45) is 0 Å². The SMILES string of the molecule is O=C([O-])[O-].Oc1ccccc1.[Na+].[Na+]. The van der Waals surface area contributed by atoms with Gasteiger partial charge in [0.15, 0.2) is 0 Å². The smallest absolute Gasteiger partial charge is 0.652 e. The summed E-state index contributed by atoms with van der Waals surface area (Å²) in [6, 6.07) is 8.71. The Kier molecular flexibility index (Phi) is 17.9. The molecule has 0 spiro atoms. The van der Waals surface area contributed by atoms with Crippen LogP contribution in [-0.2, 0) is 0 Å². The van der Waals surface area contributed by atoms with Gasteiger partial charge in [-0.2, -0.15) is 0 Å². The minimum atomic E-state index is -2.33. The zero-order chi connectivity index (χ0) is 8.69. The molecule has 0 amide bonds. The maximum atomic E-state index is 8.63. The van der Waals surface area contributed by atoms with Gasteiger partial charge in [-0.3, -0.25) is 0 Å². The molecule has 0 atom stereocenters. The van der Waals surface area contributed by atoms with Crippen molar-refractivity contribution in [1.82, 2.24) is 0 Å². The van der Waals surface area contributed by atoms with Crippen molar-refractivity contribution in [3.63, 3.8) is 0 Å². The van der Waals surface area contributed by atoms with E-state index < -0.39 is 6.16 Å². The second-order valence-corrected chi connectivity index (χ2v) is 1.59. The Morgan fingerprint density at radius 1 is 1.08 bits per heavy atom. The van der Waals surface area contributed by atoms with E-state index in [0.717, 1.165) is 0 Å². The number of carbonyl (C=O) groups excluding carboxylic acids is 1. The summed E-state index contributed by atoms with van der Waals surface area (Å²) in [7, 11) is 0. The number of hydrogen-bond acceptors (Lipinski definition) is 4. The Morgan fingerprint density at radius 2 is 1.38 bits per heavy atom. The van der Waals surface area contributed by atoms with E-state index in [2.05, 4.69) is 0 Å². The van der Waals surface area contributed by atoms with Gasteiger partial charge in [-0.05, 0) is 18.3 Å². The third-order valence-corrected chi connectivity index (χ3v) is 0.756. The van der Waals surface area contributed by atoms with Crippen LogP contribution >= 0.6 is 0 Å². The van der Waals surface area contributed by atoms with Crippen LogP contribution in [-0.4, -0.2) is 11.3 Å².